The van der Waals surface area contributed by atoms with Crippen molar-refractivity contribution < 1.29 is 0 Å². The molecule has 0 spiro atoms. The first-order valence-electron chi connectivity index (χ1n) is 4.36. The molecule has 1 aromatic heterocycles. The molecule has 0 N–H and O–H groups in total. The van der Waals surface area contributed by atoms with Gasteiger partial charge in [0, 0.05) is 17.6 Å². The molecule has 1 aliphatic rings. The first kappa shape index (κ1) is 8.45. The van der Waals surface area contributed by atoms with Gasteiger partial charge in [0.15, 0.2) is 0 Å². The Morgan fingerprint density at radius 3 is 3.08 bits per heavy atom. The molecule has 1 nitrogen and oxygen atoms in total. The molecule has 0 saturated carbocycles. The van der Waals surface area contributed by atoms with E-state index < -0.39 is 0 Å². The number of dihydropyridines is 1. The van der Waals surface area contributed by atoms with Crippen molar-refractivity contribution in [3.05, 3.63) is 40.1 Å². The molecule has 13 heavy (non-hydrogen) atoms. The zero-order valence-electron chi connectivity index (χ0n) is 7.31. The van der Waals surface area contributed by atoms with E-state index in [1.165, 1.54) is 10.5 Å². The van der Waals surface area contributed by atoms with Crippen LogP contribution in [0.25, 0.3) is 6.08 Å². The van der Waals surface area contributed by atoms with Crippen LogP contribution in [0.1, 0.15) is 11.3 Å². The van der Waals surface area contributed by atoms with E-state index in [9.17, 15) is 0 Å². The van der Waals surface area contributed by atoms with Crippen molar-refractivity contribution in [3.63, 3.8) is 0 Å². The van der Waals surface area contributed by atoms with E-state index in [0.29, 0.717) is 0 Å². The van der Waals surface area contributed by atoms with Crippen molar-refractivity contribution in [2.45, 2.75) is 6.42 Å². The number of rotatable bonds is 2. The molecule has 2 heterocycles. The molecule has 1 aromatic rings. The minimum atomic E-state index is 0.931. The van der Waals surface area contributed by atoms with Crippen LogP contribution >= 0.6 is 11.3 Å². The van der Waals surface area contributed by atoms with E-state index in [4.69, 9.17) is 0 Å². The molecule has 2 heteroatoms. The molecule has 66 valence electrons. The zero-order chi connectivity index (χ0) is 8.93. The quantitative estimate of drug-likeness (QED) is 0.677. The smallest absolute Gasteiger partial charge is 0.0429 e. The third-order valence-electron chi connectivity index (χ3n) is 1.93. The third kappa shape index (κ3) is 2.39. The van der Waals surface area contributed by atoms with Gasteiger partial charge in [0.05, 0.1) is 0 Å². The van der Waals surface area contributed by atoms with Gasteiger partial charge in [-0.2, -0.15) is 0 Å². The number of nitrogens with zero attached hydrogens (tertiary/aromatic N) is 1. The summed E-state index contributed by atoms with van der Waals surface area (Å²) in [7, 11) is 0. The second kappa shape index (κ2) is 4.19. The molecule has 0 atom stereocenters. The lowest BCUT2D eigenvalue weighted by Gasteiger charge is -2.01. The van der Waals surface area contributed by atoms with E-state index in [2.05, 4.69) is 40.7 Å². The van der Waals surface area contributed by atoms with Crippen LogP contribution in [0.2, 0.25) is 0 Å². The number of hydrogen-bond donors (Lipinski definition) is 0. The monoisotopic (exact) mass is 189 g/mol. The normalized spacial score (nSPS) is 16.5. The maximum atomic E-state index is 4.14. The lowest BCUT2D eigenvalue weighted by Crippen LogP contribution is -1.91. The second-order valence-corrected chi connectivity index (χ2v) is 3.87. The molecular weight excluding hydrogens is 178 g/mol. The minimum Gasteiger partial charge on any atom is -0.293 e. The topological polar surface area (TPSA) is 12.4 Å². The maximum Gasteiger partial charge on any atom is 0.0429 e. The Hall–Kier alpha value is -1.15. The van der Waals surface area contributed by atoms with Crippen LogP contribution in [0, 0.1) is 0 Å². The Bertz CT molecular complexity index is 344. The molecule has 2 rings (SSSR count). The van der Waals surface area contributed by atoms with Crippen LogP contribution in [0.3, 0.4) is 0 Å². The zero-order valence-corrected chi connectivity index (χ0v) is 8.13. The second-order valence-electron chi connectivity index (χ2n) is 2.90. The fourth-order valence-corrected chi connectivity index (χ4v) is 1.83. The Kier molecular flexibility index (Phi) is 2.72. The van der Waals surface area contributed by atoms with Crippen LogP contribution < -0.4 is 0 Å². The highest BCUT2D eigenvalue weighted by atomic mass is 32.1. The molecule has 0 saturated heterocycles. The molecule has 0 aliphatic carbocycles. The third-order valence-corrected chi connectivity index (χ3v) is 2.77. The van der Waals surface area contributed by atoms with Gasteiger partial charge in [0.25, 0.3) is 0 Å². The van der Waals surface area contributed by atoms with Gasteiger partial charge < -0.3 is 0 Å². The van der Waals surface area contributed by atoms with E-state index in [-0.39, 0.29) is 0 Å². The summed E-state index contributed by atoms with van der Waals surface area (Å²) in [5.74, 6) is 0. The van der Waals surface area contributed by atoms with Gasteiger partial charge in [0.1, 0.15) is 0 Å². The predicted molar refractivity (Wildman–Crippen MR) is 59.4 cm³/mol. The SMILES string of the molecule is C1=NCCC(/C=C/c2cccs2)=C1. The minimum absolute atomic E-state index is 0.931. The standard InChI is InChI=1S/C11H11NS/c1-2-11(13-9-1)4-3-10-5-7-12-8-6-10/h1-5,7,9H,6,8H2/b4-3+. The van der Waals surface area contributed by atoms with Gasteiger partial charge in [-0.1, -0.05) is 12.1 Å². The number of thiophene rings is 1. The Labute approximate surface area is 82.1 Å². The van der Waals surface area contributed by atoms with Gasteiger partial charge in [-0.25, -0.2) is 0 Å². The molecule has 0 radical (unpaired) electrons. The van der Waals surface area contributed by atoms with Gasteiger partial charge in [-0.05, 0) is 35.6 Å². The summed E-state index contributed by atoms with van der Waals surface area (Å²) in [5, 5.41) is 2.09. The first-order chi connectivity index (χ1) is 6.45. The molecule has 0 unspecified atom stereocenters. The highest BCUT2D eigenvalue weighted by molar-refractivity contribution is 7.10. The fraction of sp³-hybridized carbons (Fsp3) is 0.182. The summed E-state index contributed by atoms with van der Waals surface area (Å²) in [5.41, 5.74) is 1.36. The van der Waals surface area contributed by atoms with Crippen molar-refractivity contribution in [1.29, 1.82) is 0 Å². The van der Waals surface area contributed by atoms with Crippen molar-refractivity contribution in [2.24, 2.45) is 4.99 Å². The molecular formula is C11H11NS. The van der Waals surface area contributed by atoms with Gasteiger partial charge in [-0.15, -0.1) is 11.3 Å². The van der Waals surface area contributed by atoms with Crippen LogP contribution in [0.15, 0.2) is 40.2 Å². The van der Waals surface area contributed by atoms with Gasteiger partial charge in [-0.3, -0.25) is 4.99 Å². The fourth-order valence-electron chi connectivity index (χ4n) is 1.21. The Morgan fingerprint density at radius 2 is 2.38 bits per heavy atom. The molecule has 0 aromatic carbocycles. The summed E-state index contributed by atoms with van der Waals surface area (Å²) in [6.45, 7) is 0.931. The van der Waals surface area contributed by atoms with Crippen LogP contribution in [-0.4, -0.2) is 12.8 Å². The predicted octanol–water partition coefficient (Wildman–Crippen LogP) is 3.16. The average Bonchev–Trinajstić information content (AvgIpc) is 2.69. The highest BCUT2D eigenvalue weighted by Crippen LogP contribution is 2.14. The largest absolute Gasteiger partial charge is 0.293 e. The van der Waals surface area contributed by atoms with E-state index >= 15 is 0 Å². The average molecular weight is 189 g/mol. The van der Waals surface area contributed by atoms with Gasteiger partial charge in [0.2, 0.25) is 0 Å². The van der Waals surface area contributed by atoms with Crippen LogP contribution in [0.4, 0.5) is 0 Å². The molecule has 0 amide bonds. The lowest BCUT2D eigenvalue weighted by atomic mass is 10.1. The van der Waals surface area contributed by atoms with E-state index in [1.807, 2.05) is 6.21 Å². The summed E-state index contributed by atoms with van der Waals surface area (Å²) in [6.07, 6.45) is 9.37. The van der Waals surface area contributed by atoms with Crippen molar-refractivity contribution in [2.75, 3.05) is 6.54 Å². The maximum absolute atomic E-state index is 4.14. The van der Waals surface area contributed by atoms with Crippen molar-refractivity contribution >= 4 is 23.6 Å². The molecule has 0 bridgehead atoms. The van der Waals surface area contributed by atoms with Crippen LogP contribution in [-0.2, 0) is 0 Å². The lowest BCUT2D eigenvalue weighted by molar-refractivity contribution is 0.967. The Balaban J connectivity index is 2.05. The van der Waals surface area contributed by atoms with Crippen LogP contribution in [0.5, 0.6) is 0 Å². The highest BCUT2D eigenvalue weighted by Gasteiger charge is 1.95. The number of hydrogen-bond acceptors (Lipinski definition) is 2. The van der Waals surface area contributed by atoms with Crippen molar-refractivity contribution in [3.8, 4) is 0 Å². The first-order valence-corrected chi connectivity index (χ1v) is 5.24. The number of aliphatic imine (C=N–C) groups is 1. The summed E-state index contributed by atoms with van der Waals surface area (Å²) >= 11 is 1.76. The molecule has 1 aliphatic heterocycles. The molecule has 0 fully saturated rings. The summed E-state index contributed by atoms with van der Waals surface area (Å²) in [4.78, 5) is 5.45. The van der Waals surface area contributed by atoms with Gasteiger partial charge >= 0.3 is 0 Å². The van der Waals surface area contributed by atoms with Crippen molar-refractivity contribution in [1.82, 2.24) is 0 Å². The summed E-state index contributed by atoms with van der Waals surface area (Å²) < 4.78 is 0. The Morgan fingerprint density at radius 1 is 1.38 bits per heavy atom. The van der Waals surface area contributed by atoms with E-state index in [0.717, 1.165) is 13.0 Å². The number of allylic oxidation sites excluding steroid dienone is 2. The van der Waals surface area contributed by atoms with E-state index in [1.54, 1.807) is 11.3 Å². The summed E-state index contributed by atoms with van der Waals surface area (Å²) in [6, 6.07) is 4.19.